The number of carbonyl (C=O) groups is 2. The standard InChI is InChI=1S/C18H26ClN3O3/c1-12(2)9-22-7-6-21(13(3)18(22)24)10-14-8-15(19)4-5-16(14)25-11-17(20)23/h4-5,8,12-13H,6-7,9-11H2,1-3H3,(H2,20,23)/t13-/m1/s1. The summed E-state index contributed by atoms with van der Waals surface area (Å²) < 4.78 is 5.48. The lowest BCUT2D eigenvalue weighted by Gasteiger charge is -2.40. The molecule has 2 rings (SSSR count). The Bertz CT molecular complexity index is 636. The van der Waals surface area contributed by atoms with Gasteiger partial charge in [-0.2, -0.15) is 0 Å². The van der Waals surface area contributed by atoms with Crippen molar-refractivity contribution in [3.05, 3.63) is 28.8 Å². The number of nitrogens with two attached hydrogens (primary N) is 1. The van der Waals surface area contributed by atoms with Gasteiger partial charge in [-0.1, -0.05) is 25.4 Å². The van der Waals surface area contributed by atoms with Crippen LogP contribution in [0.1, 0.15) is 26.3 Å². The van der Waals surface area contributed by atoms with Crippen LogP contribution in [-0.2, 0) is 16.1 Å². The Morgan fingerprint density at radius 1 is 1.40 bits per heavy atom. The van der Waals surface area contributed by atoms with Crippen molar-refractivity contribution in [2.75, 3.05) is 26.2 Å². The third-order valence-corrected chi connectivity index (χ3v) is 4.46. The fourth-order valence-corrected chi connectivity index (χ4v) is 3.19. The number of amides is 2. The first kappa shape index (κ1) is 19.5. The summed E-state index contributed by atoms with van der Waals surface area (Å²) in [6.07, 6.45) is 0. The largest absolute Gasteiger partial charge is 0.483 e. The van der Waals surface area contributed by atoms with E-state index in [0.717, 1.165) is 18.7 Å². The quantitative estimate of drug-likeness (QED) is 0.798. The van der Waals surface area contributed by atoms with Crippen molar-refractivity contribution in [2.45, 2.75) is 33.4 Å². The summed E-state index contributed by atoms with van der Waals surface area (Å²) in [7, 11) is 0. The van der Waals surface area contributed by atoms with Gasteiger partial charge in [0.05, 0.1) is 6.04 Å². The molecule has 1 aromatic rings. The highest BCUT2D eigenvalue weighted by atomic mass is 35.5. The van der Waals surface area contributed by atoms with Gasteiger partial charge in [-0.05, 0) is 31.0 Å². The molecule has 1 fully saturated rings. The lowest BCUT2D eigenvalue weighted by Crippen LogP contribution is -2.56. The molecule has 25 heavy (non-hydrogen) atoms. The monoisotopic (exact) mass is 367 g/mol. The number of rotatable bonds is 7. The molecule has 0 unspecified atom stereocenters. The number of primary amides is 1. The smallest absolute Gasteiger partial charge is 0.255 e. The van der Waals surface area contributed by atoms with E-state index in [9.17, 15) is 9.59 Å². The highest BCUT2D eigenvalue weighted by Crippen LogP contribution is 2.26. The van der Waals surface area contributed by atoms with Crippen molar-refractivity contribution in [1.29, 1.82) is 0 Å². The van der Waals surface area contributed by atoms with Crippen LogP contribution in [0.2, 0.25) is 5.02 Å². The molecule has 0 bridgehead atoms. The molecule has 2 amide bonds. The zero-order chi connectivity index (χ0) is 18.6. The van der Waals surface area contributed by atoms with E-state index in [1.165, 1.54) is 0 Å². The second-order valence-corrected chi connectivity index (χ2v) is 7.27. The molecule has 1 aliphatic heterocycles. The van der Waals surface area contributed by atoms with E-state index in [2.05, 4.69) is 18.7 Å². The number of piperazine rings is 1. The summed E-state index contributed by atoms with van der Waals surface area (Å²) in [6.45, 7) is 8.74. The third kappa shape index (κ3) is 5.34. The van der Waals surface area contributed by atoms with E-state index in [1.54, 1.807) is 18.2 Å². The van der Waals surface area contributed by atoms with Crippen molar-refractivity contribution < 1.29 is 14.3 Å². The minimum atomic E-state index is -0.535. The van der Waals surface area contributed by atoms with E-state index in [-0.39, 0.29) is 18.6 Å². The second kappa shape index (κ2) is 8.54. The van der Waals surface area contributed by atoms with Gasteiger partial charge in [0.25, 0.3) is 5.91 Å². The third-order valence-electron chi connectivity index (χ3n) is 4.23. The molecule has 7 heteroatoms. The summed E-state index contributed by atoms with van der Waals surface area (Å²) in [5.74, 6) is 0.616. The number of nitrogens with zero attached hydrogens (tertiary/aromatic N) is 2. The maximum atomic E-state index is 12.6. The summed E-state index contributed by atoms with van der Waals surface area (Å²) in [5.41, 5.74) is 5.99. The topological polar surface area (TPSA) is 75.9 Å². The van der Waals surface area contributed by atoms with Gasteiger partial charge in [0, 0.05) is 36.8 Å². The van der Waals surface area contributed by atoms with Gasteiger partial charge in [0.15, 0.2) is 6.61 Å². The molecule has 1 aromatic carbocycles. The molecule has 1 atom stereocenters. The predicted octanol–water partition coefficient (Wildman–Crippen LogP) is 1.89. The van der Waals surface area contributed by atoms with Gasteiger partial charge in [-0.25, -0.2) is 0 Å². The van der Waals surface area contributed by atoms with Crippen molar-refractivity contribution in [1.82, 2.24) is 9.80 Å². The first-order chi connectivity index (χ1) is 11.8. The summed E-state index contributed by atoms with van der Waals surface area (Å²) in [4.78, 5) is 27.6. The van der Waals surface area contributed by atoms with Crippen LogP contribution in [0.3, 0.4) is 0 Å². The summed E-state index contributed by atoms with van der Waals surface area (Å²) in [5, 5.41) is 0.582. The molecule has 0 spiro atoms. The number of hydrogen-bond donors (Lipinski definition) is 1. The molecular formula is C18H26ClN3O3. The van der Waals surface area contributed by atoms with Crippen LogP contribution >= 0.6 is 11.6 Å². The van der Waals surface area contributed by atoms with Crippen LogP contribution in [0.15, 0.2) is 18.2 Å². The molecular weight excluding hydrogens is 342 g/mol. The van der Waals surface area contributed by atoms with E-state index in [0.29, 0.717) is 29.8 Å². The lowest BCUT2D eigenvalue weighted by molar-refractivity contribution is -0.141. The Morgan fingerprint density at radius 3 is 2.76 bits per heavy atom. The van der Waals surface area contributed by atoms with Gasteiger partial charge in [-0.15, -0.1) is 0 Å². The first-order valence-corrected chi connectivity index (χ1v) is 8.88. The minimum Gasteiger partial charge on any atom is -0.483 e. The summed E-state index contributed by atoms with van der Waals surface area (Å²) >= 11 is 6.10. The Hall–Kier alpha value is -1.79. The Balaban J connectivity index is 2.10. The van der Waals surface area contributed by atoms with Crippen molar-refractivity contribution in [3.63, 3.8) is 0 Å². The second-order valence-electron chi connectivity index (χ2n) is 6.83. The number of halogens is 1. The highest BCUT2D eigenvalue weighted by molar-refractivity contribution is 6.30. The normalized spacial score (nSPS) is 18.7. The minimum absolute atomic E-state index is 0.140. The fourth-order valence-electron chi connectivity index (χ4n) is 2.99. The van der Waals surface area contributed by atoms with Crippen LogP contribution in [0.5, 0.6) is 5.75 Å². The van der Waals surface area contributed by atoms with E-state index in [4.69, 9.17) is 22.1 Å². The van der Waals surface area contributed by atoms with E-state index in [1.807, 2.05) is 11.8 Å². The molecule has 1 aliphatic rings. The Kier molecular flexibility index (Phi) is 6.67. The molecule has 1 saturated heterocycles. The molecule has 6 nitrogen and oxygen atoms in total. The maximum absolute atomic E-state index is 12.6. The van der Waals surface area contributed by atoms with Gasteiger partial charge >= 0.3 is 0 Å². The fraction of sp³-hybridized carbons (Fsp3) is 0.556. The SMILES string of the molecule is CC(C)CN1CCN(Cc2cc(Cl)ccc2OCC(N)=O)[C@H](C)C1=O. The average Bonchev–Trinajstić information content (AvgIpc) is 2.53. The predicted molar refractivity (Wildman–Crippen MR) is 97.4 cm³/mol. The van der Waals surface area contributed by atoms with Gasteiger partial charge in [0.2, 0.25) is 5.91 Å². The van der Waals surface area contributed by atoms with Crippen molar-refractivity contribution >= 4 is 23.4 Å². The van der Waals surface area contributed by atoms with Gasteiger partial charge in [0.1, 0.15) is 5.75 Å². The molecule has 2 N–H and O–H groups in total. The first-order valence-electron chi connectivity index (χ1n) is 8.50. The number of ether oxygens (including phenoxy) is 1. The summed E-state index contributed by atoms with van der Waals surface area (Å²) in [6, 6.07) is 5.02. The van der Waals surface area contributed by atoms with E-state index < -0.39 is 5.91 Å². The lowest BCUT2D eigenvalue weighted by atomic mass is 10.1. The number of hydrogen-bond acceptors (Lipinski definition) is 4. The van der Waals surface area contributed by atoms with Crippen LogP contribution < -0.4 is 10.5 Å². The van der Waals surface area contributed by atoms with Crippen molar-refractivity contribution in [3.8, 4) is 5.75 Å². The molecule has 1 heterocycles. The zero-order valence-electron chi connectivity index (χ0n) is 15.0. The molecule has 0 radical (unpaired) electrons. The maximum Gasteiger partial charge on any atom is 0.255 e. The van der Waals surface area contributed by atoms with Crippen LogP contribution in [0.25, 0.3) is 0 Å². The van der Waals surface area contributed by atoms with Gasteiger partial charge in [-0.3, -0.25) is 14.5 Å². The van der Waals surface area contributed by atoms with Crippen LogP contribution in [0, 0.1) is 5.92 Å². The van der Waals surface area contributed by atoms with Crippen LogP contribution in [-0.4, -0.2) is 53.9 Å². The Labute approximate surface area is 153 Å². The molecule has 0 saturated carbocycles. The molecule has 0 aliphatic carbocycles. The van der Waals surface area contributed by atoms with E-state index >= 15 is 0 Å². The van der Waals surface area contributed by atoms with Gasteiger partial charge < -0.3 is 15.4 Å². The molecule has 138 valence electrons. The number of carbonyl (C=O) groups excluding carboxylic acids is 2. The highest BCUT2D eigenvalue weighted by Gasteiger charge is 2.31. The van der Waals surface area contributed by atoms with Crippen LogP contribution in [0.4, 0.5) is 0 Å². The number of benzene rings is 1. The molecule has 0 aromatic heterocycles. The van der Waals surface area contributed by atoms with Crippen molar-refractivity contribution in [2.24, 2.45) is 11.7 Å². The Morgan fingerprint density at radius 2 is 2.12 bits per heavy atom. The zero-order valence-corrected chi connectivity index (χ0v) is 15.8. The average molecular weight is 368 g/mol.